The number of nitrogens with zero attached hydrogens (tertiary/aromatic N) is 2. The van der Waals surface area contributed by atoms with Crippen molar-refractivity contribution >= 4 is 10.9 Å². The summed E-state index contributed by atoms with van der Waals surface area (Å²) in [7, 11) is 0. The lowest BCUT2D eigenvalue weighted by molar-refractivity contribution is 0.238. The molecule has 2 rings (SSSR count). The van der Waals surface area contributed by atoms with Gasteiger partial charge in [0, 0.05) is 6.20 Å². The number of ether oxygens (including phenoxy) is 1. The third-order valence-electron chi connectivity index (χ3n) is 2.69. The van der Waals surface area contributed by atoms with Gasteiger partial charge in [-0.2, -0.15) is 4.98 Å². The van der Waals surface area contributed by atoms with E-state index < -0.39 is 0 Å². The highest BCUT2D eigenvalue weighted by Crippen LogP contribution is 2.09. The number of hydrogen-bond donors (Lipinski definition) is 1. The van der Waals surface area contributed by atoms with Crippen LogP contribution in [0.2, 0.25) is 0 Å². The zero-order valence-corrected chi connectivity index (χ0v) is 9.93. The van der Waals surface area contributed by atoms with Gasteiger partial charge in [-0.3, -0.25) is 14.8 Å². The van der Waals surface area contributed by atoms with Crippen LogP contribution in [0.15, 0.2) is 23.3 Å². The van der Waals surface area contributed by atoms with E-state index in [-0.39, 0.29) is 11.6 Å². The zero-order chi connectivity index (χ0) is 12.3. The third-order valence-corrected chi connectivity index (χ3v) is 2.69. The number of pyridine rings is 1. The summed E-state index contributed by atoms with van der Waals surface area (Å²) in [5.41, 5.74) is 0.354. The molecule has 2 aromatic heterocycles. The number of aromatic amines is 1. The fraction of sp³-hybridized carbons (Fsp3) is 0.417. The largest absolute Gasteiger partial charge is 0.464 e. The Hall–Kier alpha value is -1.91. The molecule has 0 spiro atoms. The van der Waals surface area contributed by atoms with Gasteiger partial charge >= 0.3 is 0 Å². The van der Waals surface area contributed by atoms with E-state index in [0.717, 1.165) is 6.42 Å². The number of H-pyrrole nitrogens is 1. The predicted octanol–water partition coefficient (Wildman–Crippen LogP) is 1.74. The van der Waals surface area contributed by atoms with Crippen LogP contribution in [0.4, 0.5) is 0 Å². The van der Waals surface area contributed by atoms with Crippen molar-refractivity contribution in [3.8, 4) is 6.01 Å². The van der Waals surface area contributed by atoms with Gasteiger partial charge in [-0.1, -0.05) is 20.3 Å². The van der Waals surface area contributed by atoms with Crippen molar-refractivity contribution < 1.29 is 4.74 Å². The van der Waals surface area contributed by atoms with Crippen molar-refractivity contribution in [2.24, 2.45) is 5.92 Å². The molecular formula is C12H15N3O2. The van der Waals surface area contributed by atoms with Crippen LogP contribution in [0.25, 0.3) is 10.9 Å². The van der Waals surface area contributed by atoms with Gasteiger partial charge in [0.05, 0.1) is 23.7 Å². The highest BCUT2D eigenvalue weighted by Gasteiger charge is 2.06. The molecule has 0 aliphatic heterocycles. The normalized spacial score (nSPS) is 12.6. The molecule has 0 aromatic carbocycles. The lowest BCUT2D eigenvalue weighted by Crippen LogP contribution is -2.14. The van der Waals surface area contributed by atoms with E-state index in [1.807, 2.05) is 0 Å². The number of rotatable bonds is 4. The second-order valence-corrected chi connectivity index (χ2v) is 4.09. The van der Waals surface area contributed by atoms with E-state index >= 15 is 0 Å². The minimum atomic E-state index is -0.198. The fourth-order valence-corrected chi connectivity index (χ4v) is 1.38. The average molecular weight is 233 g/mol. The minimum Gasteiger partial charge on any atom is -0.464 e. The summed E-state index contributed by atoms with van der Waals surface area (Å²) in [6.07, 6.45) is 4.15. The summed E-state index contributed by atoms with van der Waals surface area (Å²) < 4.78 is 5.45. The maximum Gasteiger partial charge on any atom is 0.297 e. The smallest absolute Gasteiger partial charge is 0.297 e. The monoisotopic (exact) mass is 233 g/mol. The number of aromatic nitrogens is 3. The summed E-state index contributed by atoms with van der Waals surface area (Å²) in [6, 6.07) is 1.90. The molecule has 0 fully saturated rings. The Labute approximate surface area is 98.9 Å². The molecule has 90 valence electrons. The first-order chi connectivity index (χ1) is 8.20. The molecule has 5 nitrogen and oxygen atoms in total. The molecule has 17 heavy (non-hydrogen) atoms. The Kier molecular flexibility index (Phi) is 3.37. The zero-order valence-electron chi connectivity index (χ0n) is 9.93. The van der Waals surface area contributed by atoms with Gasteiger partial charge in [-0.25, -0.2) is 0 Å². The van der Waals surface area contributed by atoms with Gasteiger partial charge in [-0.15, -0.1) is 0 Å². The van der Waals surface area contributed by atoms with Gasteiger partial charge < -0.3 is 4.74 Å². The molecule has 0 radical (unpaired) electrons. The van der Waals surface area contributed by atoms with Gasteiger partial charge in [0.25, 0.3) is 11.6 Å². The summed E-state index contributed by atoms with van der Waals surface area (Å²) in [6.45, 7) is 4.72. The lowest BCUT2D eigenvalue weighted by Gasteiger charge is -2.09. The first-order valence-electron chi connectivity index (χ1n) is 5.67. The molecule has 0 bridgehead atoms. The molecule has 2 heterocycles. The van der Waals surface area contributed by atoms with Crippen molar-refractivity contribution in [3.05, 3.63) is 28.8 Å². The van der Waals surface area contributed by atoms with Crippen molar-refractivity contribution in [2.45, 2.75) is 20.3 Å². The molecule has 0 saturated carbocycles. The van der Waals surface area contributed by atoms with Crippen molar-refractivity contribution in [1.29, 1.82) is 0 Å². The molecule has 0 aliphatic carbocycles. The third kappa shape index (κ3) is 2.61. The second kappa shape index (κ2) is 4.95. The first kappa shape index (κ1) is 11.6. The average Bonchev–Trinajstić information content (AvgIpc) is 2.36. The molecule has 0 amide bonds. The van der Waals surface area contributed by atoms with Crippen LogP contribution >= 0.6 is 0 Å². The fourth-order valence-electron chi connectivity index (χ4n) is 1.38. The standard InChI is InChI=1S/C12H15N3O2/c1-3-8(2)7-17-12-14-10-6-13-5-4-9(10)11(16)15-12/h4-6,8H,3,7H2,1-2H3,(H,14,15,16). The Bertz CT molecular complexity index is 565. The van der Waals surface area contributed by atoms with Crippen LogP contribution < -0.4 is 10.3 Å². The van der Waals surface area contributed by atoms with Crippen LogP contribution in [0.3, 0.4) is 0 Å². The lowest BCUT2D eigenvalue weighted by atomic mass is 10.1. The Morgan fingerprint density at radius 1 is 1.53 bits per heavy atom. The quantitative estimate of drug-likeness (QED) is 0.873. The molecule has 0 saturated heterocycles. The summed E-state index contributed by atoms with van der Waals surface area (Å²) in [5.74, 6) is 0.435. The summed E-state index contributed by atoms with van der Waals surface area (Å²) in [4.78, 5) is 22.5. The van der Waals surface area contributed by atoms with Crippen molar-refractivity contribution in [1.82, 2.24) is 15.0 Å². The molecule has 0 aliphatic rings. The molecular weight excluding hydrogens is 218 g/mol. The van der Waals surface area contributed by atoms with Crippen LogP contribution in [0.1, 0.15) is 20.3 Å². The second-order valence-electron chi connectivity index (χ2n) is 4.09. The van der Waals surface area contributed by atoms with Gasteiger partial charge in [0.2, 0.25) is 0 Å². The topological polar surface area (TPSA) is 67.9 Å². The van der Waals surface area contributed by atoms with Crippen molar-refractivity contribution in [2.75, 3.05) is 6.61 Å². The number of fused-ring (bicyclic) bond motifs is 1. The number of nitrogens with one attached hydrogen (secondary N) is 1. The van der Waals surface area contributed by atoms with E-state index in [2.05, 4.69) is 28.8 Å². The predicted molar refractivity (Wildman–Crippen MR) is 65.1 cm³/mol. The SMILES string of the molecule is CCC(C)COc1nc2cnccc2c(=O)[nH]1. The van der Waals surface area contributed by atoms with Gasteiger partial charge in [-0.05, 0) is 12.0 Å². The Morgan fingerprint density at radius 2 is 2.35 bits per heavy atom. The van der Waals surface area contributed by atoms with E-state index in [1.165, 1.54) is 0 Å². The van der Waals surface area contributed by atoms with Gasteiger partial charge in [0.15, 0.2) is 0 Å². The van der Waals surface area contributed by atoms with Crippen LogP contribution in [-0.4, -0.2) is 21.6 Å². The summed E-state index contributed by atoms with van der Waals surface area (Å²) >= 11 is 0. The Morgan fingerprint density at radius 3 is 3.12 bits per heavy atom. The van der Waals surface area contributed by atoms with Crippen LogP contribution in [-0.2, 0) is 0 Å². The molecule has 5 heteroatoms. The van der Waals surface area contributed by atoms with Crippen molar-refractivity contribution in [3.63, 3.8) is 0 Å². The maximum atomic E-state index is 11.7. The first-order valence-corrected chi connectivity index (χ1v) is 5.67. The summed E-state index contributed by atoms with van der Waals surface area (Å²) in [5, 5.41) is 0.524. The number of hydrogen-bond acceptors (Lipinski definition) is 4. The molecule has 1 atom stereocenters. The van der Waals surface area contributed by atoms with E-state index in [1.54, 1.807) is 18.5 Å². The van der Waals surface area contributed by atoms with Crippen LogP contribution in [0, 0.1) is 5.92 Å². The molecule has 1 N–H and O–H groups in total. The highest BCUT2D eigenvalue weighted by atomic mass is 16.5. The van der Waals surface area contributed by atoms with E-state index in [0.29, 0.717) is 23.4 Å². The van der Waals surface area contributed by atoms with E-state index in [9.17, 15) is 4.79 Å². The molecule has 2 aromatic rings. The van der Waals surface area contributed by atoms with Gasteiger partial charge in [0.1, 0.15) is 0 Å². The van der Waals surface area contributed by atoms with Crippen LogP contribution in [0.5, 0.6) is 6.01 Å². The highest BCUT2D eigenvalue weighted by molar-refractivity contribution is 5.76. The maximum absolute atomic E-state index is 11.7. The van der Waals surface area contributed by atoms with E-state index in [4.69, 9.17) is 4.74 Å². The Balaban J connectivity index is 2.28. The minimum absolute atomic E-state index is 0.198. The molecule has 1 unspecified atom stereocenters.